The van der Waals surface area contributed by atoms with E-state index < -0.39 is 17.6 Å². The summed E-state index contributed by atoms with van der Waals surface area (Å²) < 4.78 is 16.4. The molecule has 0 saturated carbocycles. The normalized spacial score (nSPS) is 15.5. The fourth-order valence-electron chi connectivity index (χ4n) is 0.279. The molecule has 0 aromatic rings. The van der Waals surface area contributed by atoms with Gasteiger partial charge in [0.05, 0.1) is 7.11 Å². The molecule has 0 aliphatic heterocycles. The van der Waals surface area contributed by atoms with E-state index in [0.717, 1.165) is 7.11 Å². The van der Waals surface area contributed by atoms with E-state index >= 15 is 0 Å². The van der Waals surface area contributed by atoms with Gasteiger partial charge in [-0.2, -0.15) is 0 Å². The van der Waals surface area contributed by atoms with E-state index in [-0.39, 0.29) is 0 Å². The molecule has 1 atom stereocenters. The number of ether oxygens (including phenoxy) is 1. The first-order valence-corrected chi connectivity index (χ1v) is 2.43. The average Bonchev–Trinajstić information content (AvgIpc) is 1.86. The van der Waals surface area contributed by atoms with Crippen LogP contribution in [0.1, 0.15) is 6.92 Å². The molecule has 0 spiro atoms. The van der Waals surface area contributed by atoms with E-state index in [4.69, 9.17) is 5.11 Å². The van der Waals surface area contributed by atoms with E-state index in [1.165, 1.54) is 0 Å². The number of carbonyl (C=O) groups excluding carboxylic acids is 1. The van der Waals surface area contributed by atoms with Gasteiger partial charge in [0.25, 0.3) is 5.67 Å². The maximum atomic E-state index is 12.5. The largest absolute Gasteiger partial charge is 0.478 e. The van der Waals surface area contributed by atoms with Gasteiger partial charge in [-0.05, 0) is 6.92 Å². The number of rotatable bonds is 2. The lowest BCUT2D eigenvalue weighted by atomic mass is 10.1. The van der Waals surface area contributed by atoms with Crippen molar-refractivity contribution in [1.29, 1.82) is 0 Å². The molecule has 0 rings (SSSR count). The van der Waals surface area contributed by atoms with E-state index in [2.05, 4.69) is 4.74 Å². The minimum atomic E-state index is -2.94. The van der Waals surface area contributed by atoms with Crippen LogP contribution in [0.3, 0.4) is 0 Å². The highest BCUT2D eigenvalue weighted by molar-refractivity contribution is 6.01. The van der Waals surface area contributed by atoms with Crippen molar-refractivity contribution < 1.29 is 23.8 Å². The molecule has 1 unspecified atom stereocenters. The molecule has 0 bridgehead atoms. The quantitative estimate of drug-likeness (QED) is 0.443. The summed E-state index contributed by atoms with van der Waals surface area (Å²) in [4.78, 5) is 20.2. The second-order valence-electron chi connectivity index (χ2n) is 1.80. The smallest absolute Gasteiger partial charge is 0.355 e. The molecule has 0 aromatic carbocycles. The van der Waals surface area contributed by atoms with Gasteiger partial charge in [0.15, 0.2) is 0 Å². The SMILES string of the molecule is COC(=O)C(C)(F)C(=O)O. The van der Waals surface area contributed by atoms with E-state index in [1.54, 1.807) is 0 Å². The van der Waals surface area contributed by atoms with Crippen molar-refractivity contribution >= 4 is 11.9 Å². The highest BCUT2D eigenvalue weighted by Gasteiger charge is 2.42. The van der Waals surface area contributed by atoms with Gasteiger partial charge in [-0.15, -0.1) is 0 Å². The third-order valence-electron chi connectivity index (χ3n) is 0.970. The third kappa shape index (κ3) is 1.43. The Balaban J connectivity index is 4.40. The Labute approximate surface area is 56.6 Å². The summed E-state index contributed by atoms with van der Waals surface area (Å²) in [5.41, 5.74) is -2.94. The number of halogens is 1. The molecule has 0 heterocycles. The van der Waals surface area contributed by atoms with Crippen molar-refractivity contribution in [3.8, 4) is 0 Å². The van der Waals surface area contributed by atoms with Gasteiger partial charge in [0.1, 0.15) is 0 Å². The lowest BCUT2D eigenvalue weighted by Crippen LogP contribution is -2.39. The summed E-state index contributed by atoms with van der Waals surface area (Å²) >= 11 is 0. The Kier molecular flexibility index (Phi) is 2.34. The zero-order chi connectivity index (χ0) is 8.36. The Morgan fingerprint density at radius 3 is 2.10 bits per heavy atom. The monoisotopic (exact) mass is 150 g/mol. The van der Waals surface area contributed by atoms with Crippen LogP contribution in [0, 0.1) is 0 Å². The Bertz CT molecular complexity index is 163. The number of carboxylic acid groups (broad SMARTS) is 1. The first kappa shape index (κ1) is 8.87. The number of carbonyl (C=O) groups is 2. The molecule has 0 aliphatic rings. The lowest BCUT2D eigenvalue weighted by Gasteiger charge is -2.10. The van der Waals surface area contributed by atoms with Gasteiger partial charge in [-0.25, -0.2) is 14.0 Å². The standard InChI is InChI=1S/C5H7FO4/c1-5(6,3(7)8)4(9)10-2/h1-2H3,(H,7,8). The number of carboxylic acids is 1. The maximum Gasteiger partial charge on any atom is 0.355 e. The van der Waals surface area contributed by atoms with Crippen LogP contribution in [-0.2, 0) is 14.3 Å². The van der Waals surface area contributed by atoms with E-state index in [9.17, 15) is 14.0 Å². The molecule has 1 N–H and O–H groups in total. The topological polar surface area (TPSA) is 63.6 Å². The predicted molar refractivity (Wildman–Crippen MR) is 29.2 cm³/mol. The first-order valence-electron chi connectivity index (χ1n) is 2.43. The van der Waals surface area contributed by atoms with Crippen LogP contribution in [0.25, 0.3) is 0 Å². The average molecular weight is 150 g/mol. The third-order valence-corrected chi connectivity index (χ3v) is 0.970. The number of methoxy groups -OCH3 is 1. The lowest BCUT2D eigenvalue weighted by molar-refractivity contribution is -0.167. The minimum Gasteiger partial charge on any atom is -0.478 e. The molecule has 58 valence electrons. The Morgan fingerprint density at radius 1 is 1.60 bits per heavy atom. The molecule has 5 heteroatoms. The Morgan fingerprint density at radius 2 is 2.00 bits per heavy atom. The number of hydrogen-bond acceptors (Lipinski definition) is 3. The molecule has 0 amide bonds. The summed E-state index contributed by atoms with van der Waals surface area (Å²) in [5, 5.41) is 8.07. The minimum absolute atomic E-state index is 0.626. The summed E-state index contributed by atoms with van der Waals surface area (Å²) in [6.07, 6.45) is 0. The maximum absolute atomic E-state index is 12.5. The van der Waals surface area contributed by atoms with Gasteiger partial charge in [0.2, 0.25) is 0 Å². The first-order chi connectivity index (χ1) is 4.42. The highest BCUT2D eigenvalue weighted by Crippen LogP contribution is 2.11. The van der Waals surface area contributed by atoms with Crippen molar-refractivity contribution in [2.24, 2.45) is 0 Å². The fourth-order valence-corrected chi connectivity index (χ4v) is 0.279. The summed E-state index contributed by atoms with van der Waals surface area (Å²) in [6, 6.07) is 0. The van der Waals surface area contributed by atoms with Crippen LogP contribution in [0.5, 0.6) is 0 Å². The number of alkyl halides is 1. The second kappa shape index (κ2) is 2.64. The van der Waals surface area contributed by atoms with Gasteiger partial charge < -0.3 is 9.84 Å². The van der Waals surface area contributed by atoms with Crippen molar-refractivity contribution in [2.75, 3.05) is 7.11 Å². The molecule has 0 fully saturated rings. The second-order valence-corrected chi connectivity index (χ2v) is 1.80. The number of esters is 1. The van der Waals surface area contributed by atoms with Crippen LogP contribution in [0.4, 0.5) is 4.39 Å². The molecule has 4 nitrogen and oxygen atoms in total. The van der Waals surface area contributed by atoms with Crippen molar-refractivity contribution in [3.63, 3.8) is 0 Å². The van der Waals surface area contributed by atoms with Crippen LogP contribution in [-0.4, -0.2) is 29.8 Å². The van der Waals surface area contributed by atoms with Crippen LogP contribution in [0.2, 0.25) is 0 Å². The zero-order valence-corrected chi connectivity index (χ0v) is 5.55. The van der Waals surface area contributed by atoms with Crippen molar-refractivity contribution in [3.05, 3.63) is 0 Å². The molecule has 0 aromatic heterocycles. The predicted octanol–water partition coefficient (Wildman–Crippen LogP) is -0.0278. The molecular weight excluding hydrogens is 143 g/mol. The van der Waals surface area contributed by atoms with Gasteiger partial charge >= 0.3 is 11.9 Å². The summed E-state index contributed by atoms with van der Waals surface area (Å²) in [5.74, 6) is -3.25. The van der Waals surface area contributed by atoms with Crippen LogP contribution >= 0.6 is 0 Å². The molecule has 0 saturated heterocycles. The summed E-state index contributed by atoms with van der Waals surface area (Å²) in [6.45, 7) is 0.626. The molecule has 10 heavy (non-hydrogen) atoms. The highest BCUT2D eigenvalue weighted by atomic mass is 19.1. The van der Waals surface area contributed by atoms with Crippen molar-refractivity contribution in [2.45, 2.75) is 12.6 Å². The van der Waals surface area contributed by atoms with Gasteiger partial charge in [-0.3, -0.25) is 0 Å². The van der Waals surface area contributed by atoms with Crippen LogP contribution < -0.4 is 0 Å². The number of aliphatic carboxylic acids is 1. The fraction of sp³-hybridized carbons (Fsp3) is 0.600. The molecule has 0 aliphatic carbocycles. The van der Waals surface area contributed by atoms with Gasteiger partial charge in [-0.1, -0.05) is 0 Å². The number of hydrogen-bond donors (Lipinski definition) is 1. The van der Waals surface area contributed by atoms with E-state index in [1.807, 2.05) is 0 Å². The van der Waals surface area contributed by atoms with Gasteiger partial charge in [0, 0.05) is 0 Å². The summed E-state index contributed by atoms with van der Waals surface area (Å²) in [7, 11) is 0.920. The molecular formula is C5H7FO4. The molecule has 0 radical (unpaired) electrons. The van der Waals surface area contributed by atoms with Crippen molar-refractivity contribution in [1.82, 2.24) is 0 Å². The van der Waals surface area contributed by atoms with E-state index in [0.29, 0.717) is 6.92 Å². The van der Waals surface area contributed by atoms with Crippen LogP contribution in [0.15, 0.2) is 0 Å². The Hall–Kier alpha value is -1.13. The zero-order valence-electron chi connectivity index (χ0n) is 5.55.